The van der Waals surface area contributed by atoms with Gasteiger partial charge in [-0.25, -0.2) is 13.1 Å². The van der Waals surface area contributed by atoms with Crippen LogP contribution in [0.25, 0.3) is 11.0 Å². The lowest BCUT2D eigenvalue weighted by Gasteiger charge is -2.03. The minimum atomic E-state index is -3.02. The van der Waals surface area contributed by atoms with Crippen molar-refractivity contribution in [2.75, 3.05) is 17.2 Å². The van der Waals surface area contributed by atoms with Gasteiger partial charge < -0.3 is 5.73 Å². The maximum Gasteiger partial charge on any atom is 0.182 e. The number of hydrogen-bond acceptors (Lipinski definition) is 5. The Morgan fingerprint density at radius 2 is 2.10 bits per heavy atom. The number of nitrogen functional groups attached to an aromatic ring is 1. The molecule has 0 amide bonds. The van der Waals surface area contributed by atoms with Crippen LogP contribution >= 0.6 is 0 Å². The summed E-state index contributed by atoms with van der Waals surface area (Å²) in [5, 5.41) is 12.2. The fourth-order valence-corrected chi connectivity index (χ4v) is 2.85. The molecule has 0 aromatic carbocycles. The van der Waals surface area contributed by atoms with Crippen molar-refractivity contribution in [1.82, 2.24) is 20.0 Å². The maximum absolute atomic E-state index is 11.6. The largest absolute Gasteiger partial charge is 0.383 e. The van der Waals surface area contributed by atoms with Crippen LogP contribution in [-0.2, 0) is 22.8 Å². The Hall–Kier alpha value is -1.57. The molecule has 8 heteroatoms. The second kappa shape index (κ2) is 5.43. The summed E-state index contributed by atoms with van der Waals surface area (Å²) >= 11 is 0. The van der Waals surface area contributed by atoms with Gasteiger partial charge in [-0.1, -0.05) is 20.8 Å². The topological polar surface area (TPSA) is 107 Å². The Kier molecular flexibility index (Phi) is 4.03. The second-order valence-corrected chi connectivity index (χ2v) is 7.81. The Balaban J connectivity index is 2.34. The van der Waals surface area contributed by atoms with Gasteiger partial charge >= 0.3 is 0 Å². The highest BCUT2D eigenvalue weighted by Gasteiger charge is 2.18. The maximum atomic E-state index is 11.6. The van der Waals surface area contributed by atoms with Crippen molar-refractivity contribution in [3.05, 3.63) is 5.69 Å². The normalized spacial score (nSPS) is 12.6. The van der Waals surface area contributed by atoms with E-state index < -0.39 is 9.84 Å². The Morgan fingerprint density at radius 3 is 2.70 bits per heavy atom. The fourth-order valence-electron chi connectivity index (χ4n) is 2.12. The first-order chi connectivity index (χ1) is 9.34. The van der Waals surface area contributed by atoms with Gasteiger partial charge in [0.15, 0.2) is 15.5 Å². The van der Waals surface area contributed by atoms with Crippen LogP contribution in [0.3, 0.4) is 0 Å². The first kappa shape index (κ1) is 14.8. The van der Waals surface area contributed by atoms with E-state index in [9.17, 15) is 8.42 Å². The van der Waals surface area contributed by atoms with Gasteiger partial charge in [-0.2, -0.15) is 10.2 Å². The molecule has 0 aliphatic rings. The lowest BCUT2D eigenvalue weighted by atomic mass is 10.1. The van der Waals surface area contributed by atoms with Crippen molar-refractivity contribution < 1.29 is 8.42 Å². The number of H-pyrrole nitrogens is 1. The van der Waals surface area contributed by atoms with Gasteiger partial charge in [-0.15, -0.1) is 0 Å². The number of rotatable bonds is 6. The lowest BCUT2D eigenvalue weighted by Crippen LogP contribution is -2.15. The smallest absolute Gasteiger partial charge is 0.182 e. The van der Waals surface area contributed by atoms with Crippen LogP contribution in [0.4, 0.5) is 5.82 Å². The molecule has 0 aliphatic carbocycles. The van der Waals surface area contributed by atoms with Crippen molar-refractivity contribution in [3.63, 3.8) is 0 Å². The van der Waals surface area contributed by atoms with E-state index in [-0.39, 0.29) is 11.5 Å². The quantitative estimate of drug-likeness (QED) is 0.826. The third-order valence-corrected chi connectivity index (χ3v) is 4.89. The van der Waals surface area contributed by atoms with Crippen LogP contribution in [0.5, 0.6) is 0 Å². The molecule has 0 fully saturated rings. The van der Waals surface area contributed by atoms with Crippen LogP contribution in [0.15, 0.2) is 0 Å². The number of fused-ring (bicyclic) bond motifs is 1. The molecule has 0 atom stereocenters. The molecule has 2 rings (SSSR count). The van der Waals surface area contributed by atoms with Crippen molar-refractivity contribution >= 4 is 26.7 Å². The first-order valence-corrected chi connectivity index (χ1v) is 8.55. The first-order valence-electron chi connectivity index (χ1n) is 6.73. The van der Waals surface area contributed by atoms with Crippen LogP contribution < -0.4 is 5.73 Å². The number of sulfone groups is 1. The SMILES string of the molecule is CCS(=O)(=O)CCn1nc(CC(C)C)c2c(N)[nH]nc21. The monoisotopic (exact) mass is 299 g/mol. The molecule has 0 aliphatic heterocycles. The summed E-state index contributed by atoms with van der Waals surface area (Å²) in [5.41, 5.74) is 7.38. The Bertz CT molecular complexity index is 699. The summed E-state index contributed by atoms with van der Waals surface area (Å²) < 4.78 is 24.8. The highest BCUT2D eigenvalue weighted by Crippen LogP contribution is 2.24. The van der Waals surface area contributed by atoms with Crippen LogP contribution in [0, 0.1) is 5.92 Å². The number of nitrogens with two attached hydrogens (primary N) is 1. The molecule has 0 spiro atoms. The van der Waals surface area contributed by atoms with Gasteiger partial charge in [0.1, 0.15) is 5.82 Å². The number of nitrogens with zero attached hydrogens (tertiary/aromatic N) is 3. The molecule has 3 N–H and O–H groups in total. The number of anilines is 1. The molecule has 2 heterocycles. The zero-order valence-corrected chi connectivity index (χ0v) is 12.9. The molecular formula is C12H21N5O2S. The number of aromatic nitrogens is 4. The molecule has 0 saturated carbocycles. The molecule has 20 heavy (non-hydrogen) atoms. The predicted octanol–water partition coefficient (Wildman–Crippen LogP) is 0.975. The fraction of sp³-hybridized carbons (Fsp3) is 0.667. The van der Waals surface area contributed by atoms with Gasteiger partial charge in [0, 0.05) is 5.75 Å². The Labute approximate surface area is 118 Å². The summed E-state index contributed by atoms with van der Waals surface area (Å²) in [6.45, 7) is 6.14. The predicted molar refractivity (Wildman–Crippen MR) is 79.2 cm³/mol. The molecule has 0 unspecified atom stereocenters. The molecule has 0 bridgehead atoms. The van der Waals surface area contributed by atoms with Crippen LogP contribution in [0.1, 0.15) is 26.5 Å². The van der Waals surface area contributed by atoms with Gasteiger partial charge in [-0.05, 0) is 12.3 Å². The average molecular weight is 299 g/mol. The van der Waals surface area contributed by atoms with E-state index in [0.717, 1.165) is 17.5 Å². The zero-order valence-electron chi connectivity index (χ0n) is 12.0. The average Bonchev–Trinajstić information content (AvgIpc) is 2.89. The van der Waals surface area contributed by atoms with Gasteiger partial charge in [0.05, 0.1) is 23.4 Å². The van der Waals surface area contributed by atoms with Crippen molar-refractivity contribution in [3.8, 4) is 0 Å². The molecule has 2 aromatic heterocycles. The van der Waals surface area contributed by atoms with E-state index >= 15 is 0 Å². The molecule has 0 radical (unpaired) electrons. The van der Waals surface area contributed by atoms with E-state index in [0.29, 0.717) is 23.9 Å². The van der Waals surface area contributed by atoms with Gasteiger partial charge in [0.25, 0.3) is 0 Å². The van der Waals surface area contributed by atoms with Crippen LogP contribution in [-0.4, -0.2) is 39.9 Å². The molecular weight excluding hydrogens is 278 g/mol. The van der Waals surface area contributed by atoms with Gasteiger partial charge in [-0.3, -0.25) is 5.10 Å². The molecule has 2 aromatic rings. The van der Waals surface area contributed by atoms with Crippen molar-refractivity contribution in [2.45, 2.75) is 33.7 Å². The molecule has 0 saturated heterocycles. The standard InChI is InChI=1S/C12H21N5O2S/c1-4-20(18,19)6-5-17-12-10(11(13)14-15-12)9(16-17)7-8(2)3/h8H,4-7H2,1-3H3,(H3,13,14,15). The number of aryl methyl sites for hydroxylation is 1. The van der Waals surface area contributed by atoms with Crippen molar-refractivity contribution in [2.24, 2.45) is 5.92 Å². The van der Waals surface area contributed by atoms with Crippen LogP contribution in [0.2, 0.25) is 0 Å². The van der Waals surface area contributed by atoms with E-state index in [4.69, 9.17) is 5.73 Å². The third-order valence-electron chi connectivity index (χ3n) is 3.21. The molecule has 7 nitrogen and oxygen atoms in total. The van der Waals surface area contributed by atoms with E-state index in [1.165, 1.54) is 0 Å². The molecule has 112 valence electrons. The Morgan fingerprint density at radius 1 is 1.40 bits per heavy atom. The third kappa shape index (κ3) is 2.95. The summed E-state index contributed by atoms with van der Waals surface area (Å²) in [6, 6.07) is 0. The van der Waals surface area contributed by atoms with E-state index in [1.54, 1.807) is 11.6 Å². The summed E-state index contributed by atoms with van der Waals surface area (Å²) in [4.78, 5) is 0. The van der Waals surface area contributed by atoms with Crippen molar-refractivity contribution in [1.29, 1.82) is 0 Å². The zero-order chi connectivity index (χ0) is 14.9. The highest BCUT2D eigenvalue weighted by atomic mass is 32.2. The summed E-state index contributed by atoms with van der Waals surface area (Å²) in [7, 11) is -3.02. The lowest BCUT2D eigenvalue weighted by molar-refractivity contribution is 0.576. The summed E-state index contributed by atoms with van der Waals surface area (Å²) in [5.74, 6) is 1.13. The summed E-state index contributed by atoms with van der Waals surface area (Å²) in [6.07, 6.45) is 0.785. The van der Waals surface area contributed by atoms with E-state index in [2.05, 4.69) is 29.1 Å². The number of nitrogens with one attached hydrogen (secondary N) is 1. The minimum Gasteiger partial charge on any atom is -0.383 e. The highest BCUT2D eigenvalue weighted by molar-refractivity contribution is 7.91. The van der Waals surface area contributed by atoms with E-state index in [1.807, 2.05) is 0 Å². The number of hydrogen-bond donors (Lipinski definition) is 2. The second-order valence-electron chi connectivity index (χ2n) is 5.34. The van der Waals surface area contributed by atoms with Gasteiger partial charge in [0.2, 0.25) is 0 Å². The minimum absolute atomic E-state index is 0.0637. The number of aromatic amines is 1.